The molecule has 0 saturated carbocycles. The standard InChI is InChI=1S/C18H22N4O6/c1-25-14-10(8-11(17(23)24)15(26-2)16(14)27-3)12-9-13(19)21-18(20-12)22-4-6-28-7-5-22/h8-9H,4-7H2,1-3H3,(H,23,24)(H2,19,20,21). The van der Waals surface area contributed by atoms with Crippen LogP contribution in [0.4, 0.5) is 11.8 Å². The second kappa shape index (κ2) is 8.17. The highest BCUT2D eigenvalue weighted by Gasteiger charge is 2.26. The van der Waals surface area contributed by atoms with Crippen molar-refractivity contribution in [3.63, 3.8) is 0 Å². The minimum atomic E-state index is -1.17. The average Bonchev–Trinajstić information content (AvgIpc) is 2.71. The lowest BCUT2D eigenvalue weighted by molar-refractivity contribution is 0.0692. The molecule has 2 heterocycles. The predicted octanol–water partition coefficient (Wildman–Crippen LogP) is 1.29. The van der Waals surface area contributed by atoms with Crippen LogP contribution in [0.3, 0.4) is 0 Å². The van der Waals surface area contributed by atoms with Crippen molar-refractivity contribution < 1.29 is 28.8 Å². The highest BCUT2D eigenvalue weighted by molar-refractivity contribution is 5.96. The highest BCUT2D eigenvalue weighted by Crippen LogP contribution is 2.46. The Hall–Kier alpha value is -3.27. The molecule has 3 rings (SSSR count). The molecule has 1 fully saturated rings. The summed E-state index contributed by atoms with van der Waals surface area (Å²) in [5, 5.41) is 9.61. The van der Waals surface area contributed by atoms with Crippen LogP contribution in [-0.4, -0.2) is 68.7 Å². The van der Waals surface area contributed by atoms with Gasteiger partial charge in [-0.3, -0.25) is 0 Å². The maximum absolute atomic E-state index is 11.8. The topological polar surface area (TPSA) is 129 Å². The van der Waals surface area contributed by atoms with Crippen LogP contribution in [0.25, 0.3) is 11.3 Å². The molecule has 3 N–H and O–H groups in total. The number of carboxylic acids is 1. The Bertz CT molecular complexity index is 883. The zero-order valence-corrected chi connectivity index (χ0v) is 15.9. The fourth-order valence-electron chi connectivity index (χ4n) is 3.06. The molecular formula is C18H22N4O6. The predicted molar refractivity (Wildman–Crippen MR) is 102 cm³/mol. The smallest absolute Gasteiger partial charge is 0.339 e. The highest BCUT2D eigenvalue weighted by atomic mass is 16.5. The van der Waals surface area contributed by atoms with E-state index in [9.17, 15) is 9.90 Å². The van der Waals surface area contributed by atoms with Crippen molar-refractivity contribution in [3.8, 4) is 28.5 Å². The maximum atomic E-state index is 11.8. The average molecular weight is 390 g/mol. The second-order valence-electron chi connectivity index (χ2n) is 5.95. The number of aromatic nitrogens is 2. The van der Waals surface area contributed by atoms with Crippen molar-refractivity contribution in [2.45, 2.75) is 0 Å². The summed E-state index contributed by atoms with van der Waals surface area (Å²) >= 11 is 0. The van der Waals surface area contributed by atoms with E-state index in [4.69, 9.17) is 24.7 Å². The van der Waals surface area contributed by atoms with E-state index in [1.54, 1.807) is 6.07 Å². The van der Waals surface area contributed by atoms with Crippen molar-refractivity contribution >= 4 is 17.7 Å². The van der Waals surface area contributed by atoms with Gasteiger partial charge in [0.05, 0.1) is 40.2 Å². The van der Waals surface area contributed by atoms with Gasteiger partial charge in [0.1, 0.15) is 11.4 Å². The monoisotopic (exact) mass is 390 g/mol. The lowest BCUT2D eigenvalue weighted by atomic mass is 10.0. The van der Waals surface area contributed by atoms with Crippen molar-refractivity contribution in [2.75, 3.05) is 58.3 Å². The van der Waals surface area contributed by atoms with Crippen LogP contribution >= 0.6 is 0 Å². The van der Waals surface area contributed by atoms with Gasteiger partial charge in [-0.25, -0.2) is 9.78 Å². The van der Waals surface area contributed by atoms with Crippen LogP contribution in [0.5, 0.6) is 17.2 Å². The van der Waals surface area contributed by atoms with Gasteiger partial charge in [0.2, 0.25) is 11.7 Å². The Kier molecular flexibility index (Phi) is 5.69. The molecule has 0 spiro atoms. The number of benzene rings is 1. The number of nitrogens with zero attached hydrogens (tertiary/aromatic N) is 3. The number of rotatable bonds is 6. The molecule has 1 aliphatic heterocycles. The van der Waals surface area contributed by atoms with Gasteiger partial charge >= 0.3 is 5.97 Å². The first-order valence-corrected chi connectivity index (χ1v) is 8.54. The Balaban J connectivity index is 2.21. The molecule has 150 valence electrons. The first-order chi connectivity index (χ1) is 13.5. The third-order valence-corrected chi connectivity index (χ3v) is 4.34. The molecule has 28 heavy (non-hydrogen) atoms. The van der Waals surface area contributed by atoms with E-state index >= 15 is 0 Å². The van der Waals surface area contributed by atoms with Gasteiger partial charge in [0.15, 0.2) is 11.5 Å². The number of nitrogens with two attached hydrogens (primary N) is 1. The summed E-state index contributed by atoms with van der Waals surface area (Å²) in [6.07, 6.45) is 0. The van der Waals surface area contributed by atoms with E-state index in [-0.39, 0.29) is 28.6 Å². The first kappa shape index (κ1) is 19.5. The number of carboxylic acid groups (broad SMARTS) is 1. The molecule has 0 unspecified atom stereocenters. The molecule has 1 aromatic heterocycles. The number of hydrogen-bond acceptors (Lipinski definition) is 9. The van der Waals surface area contributed by atoms with E-state index in [2.05, 4.69) is 9.97 Å². The SMILES string of the molecule is COc1c(C(=O)O)cc(-c2cc(N)nc(N3CCOCC3)n2)c(OC)c1OC. The van der Waals surface area contributed by atoms with Crippen molar-refractivity contribution in [1.82, 2.24) is 9.97 Å². The van der Waals surface area contributed by atoms with Gasteiger partial charge in [-0.15, -0.1) is 0 Å². The number of nitrogen functional groups attached to an aromatic ring is 1. The molecule has 0 bridgehead atoms. The van der Waals surface area contributed by atoms with E-state index in [0.29, 0.717) is 43.5 Å². The van der Waals surface area contributed by atoms with E-state index in [1.165, 1.54) is 27.4 Å². The van der Waals surface area contributed by atoms with Crippen LogP contribution < -0.4 is 24.8 Å². The summed E-state index contributed by atoms with van der Waals surface area (Å²) < 4.78 is 21.5. The Morgan fingerprint density at radius 2 is 1.71 bits per heavy atom. The van der Waals surface area contributed by atoms with Crippen LogP contribution in [0, 0.1) is 0 Å². The lowest BCUT2D eigenvalue weighted by Crippen LogP contribution is -2.37. The van der Waals surface area contributed by atoms with Crippen molar-refractivity contribution in [1.29, 1.82) is 0 Å². The van der Waals surface area contributed by atoms with E-state index in [0.717, 1.165) is 0 Å². The van der Waals surface area contributed by atoms with Gasteiger partial charge in [0, 0.05) is 24.7 Å². The molecule has 1 aromatic carbocycles. The fourth-order valence-corrected chi connectivity index (χ4v) is 3.06. The molecule has 0 atom stereocenters. The number of aromatic carboxylic acids is 1. The third kappa shape index (κ3) is 3.58. The first-order valence-electron chi connectivity index (χ1n) is 8.54. The molecule has 1 aliphatic rings. The second-order valence-corrected chi connectivity index (χ2v) is 5.95. The third-order valence-electron chi connectivity index (χ3n) is 4.34. The number of ether oxygens (including phenoxy) is 4. The quantitative estimate of drug-likeness (QED) is 0.744. The van der Waals surface area contributed by atoms with E-state index in [1.807, 2.05) is 4.90 Å². The Labute approximate surface area is 161 Å². The molecule has 1 saturated heterocycles. The normalized spacial score (nSPS) is 13.9. The summed E-state index contributed by atoms with van der Waals surface area (Å²) in [6, 6.07) is 2.98. The number of morpholine rings is 1. The van der Waals surface area contributed by atoms with Crippen LogP contribution in [0.1, 0.15) is 10.4 Å². The zero-order chi connectivity index (χ0) is 20.3. The molecule has 0 radical (unpaired) electrons. The number of methoxy groups -OCH3 is 3. The molecular weight excluding hydrogens is 368 g/mol. The minimum Gasteiger partial charge on any atom is -0.492 e. The summed E-state index contributed by atoms with van der Waals surface area (Å²) in [7, 11) is 4.22. The van der Waals surface area contributed by atoms with Gasteiger partial charge in [-0.2, -0.15) is 4.98 Å². The van der Waals surface area contributed by atoms with Crippen molar-refractivity contribution in [2.24, 2.45) is 0 Å². The van der Waals surface area contributed by atoms with Crippen molar-refractivity contribution in [3.05, 3.63) is 17.7 Å². The zero-order valence-electron chi connectivity index (χ0n) is 15.9. The lowest BCUT2D eigenvalue weighted by Gasteiger charge is -2.27. The number of anilines is 2. The molecule has 0 amide bonds. The summed E-state index contributed by atoms with van der Waals surface area (Å²) in [6.45, 7) is 2.39. The van der Waals surface area contributed by atoms with Gasteiger partial charge in [-0.1, -0.05) is 0 Å². The minimum absolute atomic E-state index is 0.0611. The molecule has 10 nitrogen and oxygen atoms in total. The molecule has 10 heteroatoms. The summed E-state index contributed by atoms with van der Waals surface area (Å²) in [5.74, 6) is 0.0214. The molecule has 2 aromatic rings. The largest absolute Gasteiger partial charge is 0.492 e. The maximum Gasteiger partial charge on any atom is 0.339 e. The summed E-state index contributed by atoms with van der Waals surface area (Å²) in [5.41, 5.74) is 6.73. The fraction of sp³-hybridized carbons (Fsp3) is 0.389. The van der Waals surface area contributed by atoms with E-state index < -0.39 is 5.97 Å². The van der Waals surface area contributed by atoms with Crippen LogP contribution in [-0.2, 0) is 4.74 Å². The van der Waals surface area contributed by atoms with Crippen LogP contribution in [0.2, 0.25) is 0 Å². The number of hydrogen-bond donors (Lipinski definition) is 2. The van der Waals surface area contributed by atoms with Gasteiger partial charge < -0.3 is 34.7 Å². The summed E-state index contributed by atoms with van der Waals surface area (Å²) in [4.78, 5) is 22.6. The van der Waals surface area contributed by atoms with Crippen LogP contribution in [0.15, 0.2) is 12.1 Å². The van der Waals surface area contributed by atoms with Gasteiger partial charge in [0.25, 0.3) is 0 Å². The number of carbonyl (C=O) groups is 1. The molecule has 0 aliphatic carbocycles. The van der Waals surface area contributed by atoms with Gasteiger partial charge in [-0.05, 0) is 6.07 Å². The Morgan fingerprint density at radius 3 is 2.29 bits per heavy atom. The Morgan fingerprint density at radius 1 is 1.07 bits per heavy atom.